The molecule has 0 aliphatic rings. The average molecular weight is 280 g/mol. The fourth-order valence-corrected chi connectivity index (χ4v) is 3.52. The second kappa shape index (κ2) is 5.97. The van der Waals surface area contributed by atoms with E-state index in [0.717, 1.165) is 16.5 Å². The Morgan fingerprint density at radius 3 is 2.78 bits per heavy atom. The molecule has 2 aromatic rings. The third-order valence-electron chi connectivity index (χ3n) is 2.34. The summed E-state index contributed by atoms with van der Waals surface area (Å²) in [7, 11) is 0. The van der Waals surface area contributed by atoms with Crippen molar-refractivity contribution < 1.29 is 9.90 Å². The second-order valence-corrected chi connectivity index (χ2v) is 5.99. The van der Waals surface area contributed by atoms with Gasteiger partial charge in [-0.3, -0.25) is 4.98 Å². The van der Waals surface area contributed by atoms with Crippen molar-refractivity contribution >= 4 is 29.1 Å². The Morgan fingerprint density at radius 2 is 2.17 bits per heavy atom. The number of thiazole rings is 1. The van der Waals surface area contributed by atoms with E-state index in [4.69, 9.17) is 5.11 Å². The number of rotatable bonds is 5. The van der Waals surface area contributed by atoms with Gasteiger partial charge >= 0.3 is 5.97 Å². The lowest BCUT2D eigenvalue weighted by Crippen LogP contribution is -1.94. The number of carboxylic acids is 1. The highest BCUT2D eigenvalue weighted by molar-refractivity contribution is 8.01. The van der Waals surface area contributed by atoms with Gasteiger partial charge in [0.05, 0.1) is 5.69 Å². The topological polar surface area (TPSA) is 63.1 Å². The van der Waals surface area contributed by atoms with Crippen LogP contribution in [0, 0.1) is 6.92 Å². The number of hydrogen-bond acceptors (Lipinski definition) is 5. The molecule has 18 heavy (non-hydrogen) atoms. The molecule has 0 aliphatic carbocycles. The van der Waals surface area contributed by atoms with Crippen LogP contribution in [0.1, 0.15) is 20.9 Å². The summed E-state index contributed by atoms with van der Waals surface area (Å²) in [5, 5.41) is 8.94. The lowest BCUT2D eigenvalue weighted by atomic mass is 10.2. The number of aromatic carboxylic acids is 1. The number of aryl methyl sites for hydroxylation is 2. The largest absolute Gasteiger partial charge is 0.477 e. The van der Waals surface area contributed by atoms with Crippen LogP contribution in [0.4, 0.5) is 0 Å². The Labute approximate surface area is 113 Å². The summed E-state index contributed by atoms with van der Waals surface area (Å²) in [6.45, 7) is 1.73. The first-order valence-corrected chi connectivity index (χ1v) is 7.19. The Balaban J connectivity index is 1.91. The molecule has 0 fully saturated rings. The van der Waals surface area contributed by atoms with Gasteiger partial charge in [-0.15, -0.1) is 11.3 Å². The zero-order chi connectivity index (χ0) is 13.0. The number of nitrogens with zero attached hydrogens (tertiary/aromatic N) is 2. The smallest absolute Gasteiger partial charge is 0.347 e. The van der Waals surface area contributed by atoms with Crippen LogP contribution in [0.25, 0.3) is 0 Å². The van der Waals surface area contributed by atoms with Gasteiger partial charge in [0.15, 0.2) is 4.34 Å². The summed E-state index contributed by atoms with van der Waals surface area (Å²) in [5.41, 5.74) is 1.82. The Hall–Kier alpha value is -1.40. The van der Waals surface area contributed by atoms with Crippen molar-refractivity contribution in [2.75, 3.05) is 5.75 Å². The van der Waals surface area contributed by atoms with Gasteiger partial charge in [0.1, 0.15) is 4.88 Å². The number of aromatic nitrogens is 2. The molecule has 0 bridgehead atoms. The molecule has 0 radical (unpaired) electrons. The molecule has 2 rings (SSSR count). The zero-order valence-electron chi connectivity index (χ0n) is 9.79. The van der Waals surface area contributed by atoms with Gasteiger partial charge in [-0.05, 0) is 31.0 Å². The minimum Gasteiger partial charge on any atom is -0.477 e. The summed E-state index contributed by atoms with van der Waals surface area (Å²) >= 11 is 2.83. The highest BCUT2D eigenvalue weighted by Gasteiger charge is 2.13. The van der Waals surface area contributed by atoms with E-state index in [0.29, 0.717) is 10.6 Å². The number of carbonyl (C=O) groups is 1. The molecule has 0 spiro atoms. The first-order valence-electron chi connectivity index (χ1n) is 5.39. The molecule has 0 saturated heterocycles. The first-order chi connectivity index (χ1) is 8.66. The molecule has 2 heterocycles. The van der Waals surface area contributed by atoms with Crippen LogP contribution in [0.15, 0.2) is 28.9 Å². The van der Waals surface area contributed by atoms with E-state index in [2.05, 4.69) is 9.97 Å². The monoisotopic (exact) mass is 280 g/mol. The van der Waals surface area contributed by atoms with Crippen molar-refractivity contribution in [3.63, 3.8) is 0 Å². The molecule has 0 amide bonds. The number of pyridine rings is 1. The molecular weight excluding hydrogens is 268 g/mol. The maximum Gasteiger partial charge on any atom is 0.347 e. The standard InChI is InChI=1S/C12H12N2O2S2/c1-8-10(11(15)16)18-12(14-8)17-7-4-9-2-5-13-6-3-9/h2-3,5-6H,4,7H2,1H3,(H,15,16). The molecule has 1 N–H and O–H groups in total. The van der Waals surface area contributed by atoms with E-state index in [1.54, 1.807) is 31.1 Å². The molecule has 6 heteroatoms. The van der Waals surface area contributed by atoms with Gasteiger partial charge in [-0.2, -0.15) is 0 Å². The Bertz CT molecular complexity index is 540. The molecule has 2 aromatic heterocycles. The van der Waals surface area contributed by atoms with Crippen LogP contribution in [0.5, 0.6) is 0 Å². The minimum absolute atomic E-state index is 0.335. The summed E-state index contributed by atoms with van der Waals surface area (Å²) < 4.78 is 0.818. The summed E-state index contributed by atoms with van der Waals surface area (Å²) in [5.74, 6) is -0.0123. The molecule has 4 nitrogen and oxygen atoms in total. The maximum atomic E-state index is 10.9. The van der Waals surface area contributed by atoms with E-state index in [-0.39, 0.29) is 0 Å². The van der Waals surface area contributed by atoms with Crippen molar-refractivity contribution in [2.24, 2.45) is 0 Å². The van der Waals surface area contributed by atoms with Crippen molar-refractivity contribution in [1.29, 1.82) is 0 Å². The van der Waals surface area contributed by atoms with E-state index < -0.39 is 5.97 Å². The summed E-state index contributed by atoms with van der Waals surface area (Å²) in [6.07, 6.45) is 4.47. The second-order valence-electron chi connectivity index (χ2n) is 3.65. The number of hydrogen-bond donors (Lipinski definition) is 1. The molecule has 0 aliphatic heterocycles. The highest BCUT2D eigenvalue weighted by Crippen LogP contribution is 2.27. The molecule has 0 unspecified atom stereocenters. The number of carboxylic acid groups (broad SMARTS) is 1. The van der Waals surface area contributed by atoms with Crippen molar-refractivity contribution in [2.45, 2.75) is 17.7 Å². The minimum atomic E-state index is -0.897. The van der Waals surface area contributed by atoms with Gasteiger partial charge in [-0.25, -0.2) is 9.78 Å². The van der Waals surface area contributed by atoms with E-state index in [1.807, 2.05) is 12.1 Å². The van der Waals surface area contributed by atoms with Crippen LogP contribution in [0.2, 0.25) is 0 Å². The van der Waals surface area contributed by atoms with Crippen molar-refractivity contribution in [1.82, 2.24) is 9.97 Å². The Morgan fingerprint density at radius 1 is 1.44 bits per heavy atom. The van der Waals surface area contributed by atoms with E-state index >= 15 is 0 Å². The third kappa shape index (κ3) is 3.30. The van der Waals surface area contributed by atoms with Crippen LogP contribution < -0.4 is 0 Å². The first kappa shape index (κ1) is 13.0. The SMILES string of the molecule is Cc1nc(SCCc2ccncc2)sc1C(=O)O. The average Bonchev–Trinajstić information content (AvgIpc) is 2.72. The molecule has 0 saturated carbocycles. The van der Waals surface area contributed by atoms with Crippen LogP contribution >= 0.6 is 23.1 Å². The molecule has 0 atom stereocenters. The quantitative estimate of drug-likeness (QED) is 0.853. The van der Waals surface area contributed by atoms with Gasteiger partial charge < -0.3 is 5.11 Å². The zero-order valence-corrected chi connectivity index (χ0v) is 11.4. The predicted octanol–water partition coefficient (Wildman–Crippen LogP) is 2.88. The lowest BCUT2D eigenvalue weighted by Gasteiger charge is -1.98. The highest BCUT2D eigenvalue weighted by atomic mass is 32.2. The summed E-state index contributed by atoms with van der Waals surface area (Å²) in [4.78, 5) is 19.4. The van der Waals surface area contributed by atoms with Crippen molar-refractivity contribution in [3.05, 3.63) is 40.7 Å². The van der Waals surface area contributed by atoms with Gasteiger partial charge in [0.2, 0.25) is 0 Å². The predicted molar refractivity (Wildman–Crippen MR) is 72.5 cm³/mol. The maximum absolute atomic E-state index is 10.9. The Kier molecular flexibility index (Phi) is 4.33. The fourth-order valence-electron chi connectivity index (χ4n) is 1.44. The normalized spacial score (nSPS) is 10.5. The van der Waals surface area contributed by atoms with Crippen LogP contribution in [0.3, 0.4) is 0 Å². The van der Waals surface area contributed by atoms with Crippen LogP contribution in [-0.4, -0.2) is 26.8 Å². The fraction of sp³-hybridized carbons (Fsp3) is 0.250. The van der Waals surface area contributed by atoms with Gasteiger partial charge in [0, 0.05) is 18.1 Å². The third-order valence-corrected chi connectivity index (χ3v) is 4.63. The van der Waals surface area contributed by atoms with Crippen LogP contribution in [-0.2, 0) is 6.42 Å². The van der Waals surface area contributed by atoms with Gasteiger partial charge in [0.25, 0.3) is 0 Å². The lowest BCUT2D eigenvalue weighted by molar-refractivity contribution is 0.0701. The molecule has 0 aromatic carbocycles. The van der Waals surface area contributed by atoms with E-state index in [9.17, 15) is 4.79 Å². The number of thioether (sulfide) groups is 1. The van der Waals surface area contributed by atoms with E-state index in [1.165, 1.54) is 16.9 Å². The van der Waals surface area contributed by atoms with Gasteiger partial charge in [-0.1, -0.05) is 11.8 Å². The molecular formula is C12H12N2O2S2. The summed E-state index contributed by atoms with van der Waals surface area (Å²) in [6, 6.07) is 3.96. The van der Waals surface area contributed by atoms with Crippen molar-refractivity contribution in [3.8, 4) is 0 Å². The molecule has 94 valence electrons.